The summed E-state index contributed by atoms with van der Waals surface area (Å²) in [5.74, 6) is -0.167. The lowest BCUT2D eigenvalue weighted by molar-refractivity contribution is 0.631. The lowest BCUT2D eigenvalue weighted by Gasteiger charge is -2.19. The van der Waals surface area contributed by atoms with Crippen molar-refractivity contribution in [1.29, 1.82) is 0 Å². The van der Waals surface area contributed by atoms with Crippen LogP contribution >= 0.6 is 0 Å². The van der Waals surface area contributed by atoms with E-state index in [2.05, 4.69) is 36.4 Å². The molecule has 0 saturated heterocycles. The monoisotopic (exact) mass is 326 g/mol. The van der Waals surface area contributed by atoms with Crippen LogP contribution in [0.25, 0.3) is 32.7 Å². The molecule has 5 rings (SSSR count). The molecule has 0 amide bonds. The van der Waals surface area contributed by atoms with Crippen molar-refractivity contribution in [3.63, 3.8) is 0 Å². The van der Waals surface area contributed by atoms with E-state index in [1.807, 2.05) is 18.2 Å². The number of hydrogen-bond donors (Lipinski definition) is 0. The summed E-state index contributed by atoms with van der Waals surface area (Å²) in [6, 6.07) is 22.3. The zero-order chi connectivity index (χ0) is 16.8. The minimum atomic E-state index is -0.167. The molecule has 4 aromatic carbocycles. The normalized spacial score (nSPS) is 14.0. The summed E-state index contributed by atoms with van der Waals surface area (Å²) in [5, 5.41) is 5.08. The number of halogens is 1. The standard InChI is InChI=1S/C24H19F/c25-24-8-4-3-7-20(24)18-10-9-17-12-13-21-19-6-2-1-5-16(19)11-14-22(21)23(17)15-18/h3-4,7-15H,1-2,5-6H2. The number of hydrogen-bond acceptors (Lipinski definition) is 0. The van der Waals surface area contributed by atoms with Crippen LogP contribution in [0, 0.1) is 5.82 Å². The van der Waals surface area contributed by atoms with Crippen LogP contribution in [0.5, 0.6) is 0 Å². The van der Waals surface area contributed by atoms with Gasteiger partial charge in [0.15, 0.2) is 0 Å². The molecule has 0 nitrogen and oxygen atoms in total. The highest BCUT2D eigenvalue weighted by molar-refractivity contribution is 6.10. The molecule has 0 spiro atoms. The summed E-state index contributed by atoms with van der Waals surface area (Å²) < 4.78 is 14.2. The number of rotatable bonds is 1. The highest BCUT2D eigenvalue weighted by atomic mass is 19.1. The lowest BCUT2D eigenvalue weighted by Crippen LogP contribution is -2.03. The summed E-state index contributed by atoms with van der Waals surface area (Å²) in [7, 11) is 0. The van der Waals surface area contributed by atoms with Gasteiger partial charge in [-0.25, -0.2) is 4.39 Å². The van der Waals surface area contributed by atoms with Crippen molar-refractivity contribution in [2.24, 2.45) is 0 Å². The maximum Gasteiger partial charge on any atom is 0.131 e. The van der Waals surface area contributed by atoms with Gasteiger partial charge in [0.05, 0.1) is 0 Å². The molecule has 1 aliphatic rings. The van der Waals surface area contributed by atoms with Crippen LogP contribution in [0.1, 0.15) is 24.0 Å². The fourth-order valence-electron chi connectivity index (χ4n) is 4.25. The third-order valence-electron chi connectivity index (χ3n) is 5.53. The van der Waals surface area contributed by atoms with E-state index < -0.39 is 0 Å². The van der Waals surface area contributed by atoms with E-state index in [0.717, 1.165) is 5.56 Å². The maximum atomic E-state index is 14.2. The fourth-order valence-corrected chi connectivity index (χ4v) is 4.25. The van der Waals surface area contributed by atoms with Gasteiger partial charge in [-0.2, -0.15) is 0 Å². The van der Waals surface area contributed by atoms with Gasteiger partial charge in [-0.15, -0.1) is 0 Å². The van der Waals surface area contributed by atoms with Gasteiger partial charge in [0.1, 0.15) is 5.82 Å². The largest absolute Gasteiger partial charge is 0.206 e. The van der Waals surface area contributed by atoms with Crippen molar-refractivity contribution in [2.45, 2.75) is 25.7 Å². The molecule has 0 aromatic heterocycles. The van der Waals surface area contributed by atoms with E-state index in [-0.39, 0.29) is 5.82 Å². The third-order valence-corrected chi connectivity index (χ3v) is 5.53. The highest BCUT2D eigenvalue weighted by Crippen LogP contribution is 2.35. The van der Waals surface area contributed by atoms with Crippen LogP contribution in [0.3, 0.4) is 0 Å². The number of benzene rings is 4. The summed E-state index contributed by atoms with van der Waals surface area (Å²) in [4.78, 5) is 0. The second kappa shape index (κ2) is 5.70. The Balaban J connectivity index is 1.80. The fraction of sp³-hybridized carbons (Fsp3) is 0.167. The molecule has 0 fully saturated rings. The first-order valence-corrected chi connectivity index (χ1v) is 9.03. The van der Waals surface area contributed by atoms with Gasteiger partial charge in [-0.1, -0.05) is 54.6 Å². The number of aryl methyl sites for hydroxylation is 2. The quantitative estimate of drug-likeness (QED) is 0.342. The first-order chi connectivity index (χ1) is 12.3. The average molecular weight is 326 g/mol. The van der Waals surface area contributed by atoms with E-state index in [1.54, 1.807) is 6.07 Å². The van der Waals surface area contributed by atoms with Crippen LogP contribution in [-0.2, 0) is 12.8 Å². The summed E-state index contributed by atoms with van der Waals surface area (Å²) in [6.07, 6.45) is 4.94. The second-order valence-electron chi connectivity index (χ2n) is 6.99. The summed E-state index contributed by atoms with van der Waals surface area (Å²) >= 11 is 0. The lowest BCUT2D eigenvalue weighted by atomic mass is 9.86. The van der Waals surface area contributed by atoms with E-state index in [4.69, 9.17) is 0 Å². The summed E-state index contributed by atoms with van der Waals surface area (Å²) in [6.45, 7) is 0. The zero-order valence-corrected chi connectivity index (χ0v) is 14.1. The van der Waals surface area contributed by atoms with Crippen molar-refractivity contribution in [2.75, 3.05) is 0 Å². The van der Waals surface area contributed by atoms with E-state index in [0.29, 0.717) is 5.56 Å². The van der Waals surface area contributed by atoms with Crippen LogP contribution in [0.4, 0.5) is 4.39 Å². The molecule has 25 heavy (non-hydrogen) atoms. The van der Waals surface area contributed by atoms with Crippen LogP contribution in [0.2, 0.25) is 0 Å². The predicted octanol–water partition coefficient (Wildman–Crippen LogP) is 6.68. The molecular weight excluding hydrogens is 307 g/mol. The summed E-state index contributed by atoms with van der Waals surface area (Å²) in [5.41, 5.74) is 4.63. The minimum Gasteiger partial charge on any atom is -0.206 e. The second-order valence-corrected chi connectivity index (χ2v) is 6.99. The van der Waals surface area contributed by atoms with Crippen LogP contribution in [0.15, 0.2) is 66.7 Å². The molecule has 0 unspecified atom stereocenters. The smallest absolute Gasteiger partial charge is 0.131 e. The number of fused-ring (bicyclic) bond motifs is 5. The van der Waals surface area contributed by atoms with Crippen molar-refractivity contribution in [3.8, 4) is 11.1 Å². The molecule has 1 heteroatoms. The molecule has 1 aliphatic carbocycles. The topological polar surface area (TPSA) is 0 Å². The van der Waals surface area contributed by atoms with Gasteiger partial charge in [-0.3, -0.25) is 0 Å². The molecule has 0 saturated carbocycles. The maximum absolute atomic E-state index is 14.2. The Labute approximate surface area is 146 Å². The van der Waals surface area contributed by atoms with Gasteiger partial charge in [0.2, 0.25) is 0 Å². The Kier molecular flexibility index (Phi) is 3.34. The molecule has 0 atom stereocenters. The molecule has 122 valence electrons. The molecule has 0 aliphatic heterocycles. The van der Waals surface area contributed by atoms with Crippen LogP contribution < -0.4 is 0 Å². The molecular formula is C24H19F. The van der Waals surface area contributed by atoms with Crippen molar-refractivity contribution < 1.29 is 4.39 Å². The Bertz CT molecular complexity index is 1110. The van der Waals surface area contributed by atoms with Gasteiger partial charge in [0, 0.05) is 5.56 Å². The first kappa shape index (κ1) is 14.7. The zero-order valence-electron chi connectivity index (χ0n) is 14.1. The van der Waals surface area contributed by atoms with Gasteiger partial charge >= 0.3 is 0 Å². The molecule has 0 heterocycles. The molecule has 0 radical (unpaired) electrons. The van der Waals surface area contributed by atoms with E-state index >= 15 is 0 Å². The average Bonchev–Trinajstić information content (AvgIpc) is 2.67. The van der Waals surface area contributed by atoms with Gasteiger partial charge in [-0.05, 0) is 76.1 Å². The van der Waals surface area contributed by atoms with Crippen LogP contribution in [-0.4, -0.2) is 0 Å². The van der Waals surface area contributed by atoms with Gasteiger partial charge in [0.25, 0.3) is 0 Å². The molecule has 0 N–H and O–H groups in total. The van der Waals surface area contributed by atoms with E-state index in [9.17, 15) is 4.39 Å². The molecule has 0 bridgehead atoms. The third kappa shape index (κ3) is 2.34. The van der Waals surface area contributed by atoms with E-state index in [1.165, 1.54) is 64.4 Å². The SMILES string of the molecule is Fc1ccccc1-c1ccc2ccc3c4c(ccc3c2c1)CCCC4. The first-order valence-electron chi connectivity index (χ1n) is 9.03. The predicted molar refractivity (Wildman–Crippen MR) is 103 cm³/mol. The van der Waals surface area contributed by atoms with Crippen molar-refractivity contribution in [3.05, 3.63) is 83.7 Å². The van der Waals surface area contributed by atoms with Crippen molar-refractivity contribution >= 4 is 21.5 Å². The highest BCUT2D eigenvalue weighted by Gasteiger charge is 2.14. The minimum absolute atomic E-state index is 0.167. The van der Waals surface area contributed by atoms with Crippen molar-refractivity contribution in [1.82, 2.24) is 0 Å². The Morgan fingerprint density at radius 1 is 0.680 bits per heavy atom. The van der Waals surface area contributed by atoms with Gasteiger partial charge < -0.3 is 0 Å². The Hall–Kier alpha value is -2.67. The molecule has 4 aromatic rings. The Morgan fingerprint density at radius 2 is 1.48 bits per heavy atom. The Morgan fingerprint density at radius 3 is 2.40 bits per heavy atom.